The van der Waals surface area contributed by atoms with Gasteiger partial charge in [-0.15, -0.1) is 0 Å². The number of aryl methyl sites for hydroxylation is 2. The molecule has 0 N–H and O–H groups in total. The minimum Gasteiger partial charge on any atom is -0.341 e. The van der Waals surface area contributed by atoms with E-state index in [2.05, 4.69) is 10.1 Å². The standard InChI is InChI=1S/C20H21FN4O3S/c1-12-18(14-3-5-16(21)6-4-14)25(20(27)29-12)11-17(26)24-9-7-15(8-10-24)19-22-13(2)23-28-19/h3-6,15H,7-11H2,1-2H3. The number of hydrogen-bond acceptors (Lipinski definition) is 6. The van der Waals surface area contributed by atoms with Crippen LogP contribution in [0.4, 0.5) is 4.39 Å². The average molecular weight is 416 g/mol. The second kappa shape index (κ2) is 7.90. The van der Waals surface area contributed by atoms with Crippen molar-refractivity contribution >= 4 is 17.2 Å². The van der Waals surface area contributed by atoms with E-state index in [1.807, 2.05) is 6.92 Å². The molecule has 1 saturated heterocycles. The molecule has 1 aromatic carbocycles. The third-order valence-corrected chi connectivity index (χ3v) is 6.11. The number of carbonyl (C=O) groups is 1. The van der Waals surface area contributed by atoms with Crippen LogP contribution in [0.1, 0.15) is 35.4 Å². The van der Waals surface area contributed by atoms with E-state index in [1.54, 1.807) is 24.0 Å². The molecule has 29 heavy (non-hydrogen) atoms. The van der Waals surface area contributed by atoms with Gasteiger partial charge in [-0.3, -0.25) is 14.2 Å². The summed E-state index contributed by atoms with van der Waals surface area (Å²) in [5.41, 5.74) is 1.39. The van der Waals surface area contributed by atoms with E-state index >= 15 is 0 Å². The van der Waals surface area contributed by atoms with E-state index in [4.69, 9.17) is 4.52 Å². The van der Waals surface area contributed by atoms with Crippen molar-refractivity contribution in [2.45, 2.75) is 39.2 Å². The average Bonchev–Trinajstić information content (AvgIpc) is 3.26. The Bertz CT molecular complexity index is 1080. The van der Waals surface area contributed by atoms with Crippen molar-refractivity contribution in [2.75, 3.05) is 13.1 Å². The van der Waals surface area contributed by atoms with Crippen LogP contribution in [0, 0.1) is 19.7 Å². The number of aromatic nitrogens is 3. The highest BCUT2D eigenvalue weighted by molar-refractivity contribution is 7.09. The van der Waals surface area contributed by atoms with Gasteiger partial charge < -0.3 is 9.42 Å². The molecule has 1 amide bonds. The number of amides is 1. The number of likely N-dealkylation sites (tertiary alicyclic amines) is 1. The lowest BCUT2D eigenvalue weighted by Crippen LogP contribution is -2.40. The Hall–Kier alpha value is -2.81. The van der Waals surface area contributed by atoms with Crippen molar-refractivity contribution in [1.29, 1.82) is 0 Å². The largest absolute Gasteiger partial charge is 0.341 e. The van der Waals surface area contributed by atoms with Crippen LogP contribution in [0.25, 0.3) is 11.3 Å². The summed E-state index contributed by atoms with van der Waals surface area (Å²) in [5.74, 6) is 0.942. The highest BCUT2D eigenvalue weighted by Gasteiger charge is 2.28. The zero-order chi connectivity index (χ0) is 20.5. The topological polar surface area (TPSA) is 81.2 Å². The maximum absolute atomic E-state index is 13.3. The number of nitrogens with zero attached hydrogens (tertiary/aromatic N) is 4. The van der Waals surface area contributed by atoms with Crippen molar-refractivity contribution in [2.24, 2.45) is 0 Å². The van der Waals surface area contributed by atoms with Gasteiger partial charge >= 0.3 is 4.87 Å². The normalized spacial score (nSPS) is 15.1. The Labute approximate surface area is 170 Å². The van der Waals surface area contributed by atoms with Crippen LogP contribution < -0.4 is 4.87 Å². The van der Waals surface area contributed by atoms with Crippen LogP contribution in [0.15, 0.2) is 33.6 Å². The molecule has 9 heteroatoms. The van der Waals surface area contributed by atoms with Crippen molar-refractivity contribution in [1.82, 2.24) is 19.6 Å². The summed E-state index contributed by atoms with van der Waals surface area (Å²) in [4.78, 5) is 32.0. The maximum Gasteiger partial charge on any atom is 0.308 e. The van der Waals surface area contributed by atoms with E-state index in [-0.39, 0.29) is 29.1 Å². The van der Waals surface area contributed by atoms with Gasteiger partial charge in [0.2, 0.25) is 11.8 Å². The van der Waals surface area contributed by atoms with E-state index in [9.17, 15) is 14.0 Å². The lowest BCUT2D eigenvalue weighted by Gasteiger charge is -2.30. The number of halogens is 1. The molecule has 0 unspecified atom stereocenters. The fourth-order valence-corrected chi connectivity index (χ4v) is 4.57. The summed E-state index contributed by atoms with van der Waals surface area (Å²) in [7, 11) is 0. The predicted molar refractivity (Wildman–Crippen MR) is 106 cm³/mol. The summed E-state index contributed by atoms with van der Waals surface area (Å²) in [6.07, 6.45) is 1.49. The lowest BCUT2D eigenvalue weighted by atomic mass is 9.97. The van der Waals surface area contributed by atoms with Crippen LogP contribution in [0.5, 0.6) is 0 Å². The lowest BCUT2D eigenvalue weighted by molar-refractivity contribution is -0.133. The van der Waals surface area contributed by atoms with Crippen LogP contribution in [0.2, 0.25) is 0 Å². The Balaban J connectivity index is 1.48. The van der Waals surface area contributed by atoms with Crippen LogP contribution in [0.3, 0.4) is 0 Å². The molecular formula is C20H21FN4O3S. The minimum absolute atomic E-state index is 0.0276. The molecule has 3 aromatic rings. The van der Waals surface area contributed by atoms with E-state index in [1.165, 1.54) is 16.7 Å². The van der Waals surface area contributed by atoms with Crippen LogP contribution in [-0.4, -0.2) is 38.6 Å². The number of rotatable bonds is 4. The first-order valence-corrected chi connectivity index (χ1v) is 10.3. The number of piperidine rings is 1. The zero-order valence-electron chi connectivity index (χ0n) is 16.2. The molecule has 0 aliphatic carbocycles. The second-order valence-electron chi connectivity index (χ2n) is 7.20. The van der Waals surface area contributed by atoms with Gasteiger partial charge in [-0.1, -0.05) is 16.5 Å². The van der Waals surface area contributed by atoms with Gasteiger partial charge in [0.05, 0.1) is 5.69 Å². The van der Waals surface area contributed by atoms with Crippen LogP contribution in [-0.2, 0) is 11.3 Å². The molecule has 152 valence electrons. The summed E-state index contributed by atoms with van der Waals surface area (Å²) < 4.78 is 20.0. The van der Waals surface area contributed by atoms with E-state index in [0.717, 1.165) is 34.6 Å². The highest BCUT2D eigenvalue weighted by atomic mass is 32.1. The van der Waals surface area contributed by atoms with E-state index in [0.29, 0.717) is 30.5 Å². The number of carbonyl (C=O) groups excluding carboxylic acids is 1. The van der Waals surface area contributed by atoms with Gasteiger partial charge in [-0.25, -0.2) is 4.39 Å². The number of thiazole rings is 1. The smallest absolute Gasteiger partial charge is 0.308 e. The number of hydrogen-bond donors (Lipinski definition) is 0. The summed E-state index contributed by atoms with van der Waals surface area (Å²) >= 11 is 1.10. The minimum atomic E-state index is -0.342. The van der Waals surface area contributed by atoms with Gasteiger partial charge in [0.25, 0.3) is 0 Å². The molecule has 1 aliphatic heterocycles. The molecule has 1 fully saturated rings. The van der Waals surface area contributed by atoms with Crippen molar-refractivity contribution in [3.05, 3.63) is 56.3 Å². The first-order chi connectivity index (χ1) is 13.9. The molecule has 0 spiro atoms. The monoisotopic (exact) mass is 416 g/mol. The summed E-state index contributed by atoms with van der Waals surface area (Å²) in [6.45, 7) is 4.75. The van der Waals surface area contributed by atoms with Gasteiger partial charge in [0, 0.05) is 23.9 Å². The van der Waals surface area contributed by atoms with Gasteiger partial charge in [0.1, 0.15) is 12.4 Å². The van der Waals surface area contributed by atoms with Gasteiger partial charge in [-0.2, -0.15) is 4.98 Å². The van der Waals surface area contributed by atoms with Gasteiger partial charge in [-0.05, 0) is 56.5 Å². The quantitative estimate of drug-likeness (QED) is 0.653. The van der Waals surface area contributed by atoms with Crippen LogP contribution >= 0.6 is 11.3 Å². The molecular weight excluding hydrogens is 395 g/mol. The first-order valence-electron chi connectivity index (χ1n) is 9.46. The third kappa shape index (κ3) is 4.00. The zero-order valence-corrected chi connectivity index (χ0v) is 17.0. The van der Waals surface area contributed by atoms with Crippen molar-refractivity contribution in [3.63, 3.8) is 0 Å². The van der Waals surface area contributed by atoms with Crippen molar-refractivity contribution in [3.8, 4) is 11.3 Å². The molecule has 0 radical (unpaired) electrons. The maximum atomic E-state index is 13.3. The Morgan fingerprint density at radius 2 is 1.93 bits per heavy atom. The third-order valence-electron chi connectivity index (χ3n) is 5.22. The second-order valence-corrected chi connectivity index (χ2v) is 8.37. The molecule has 3 heterocycles. The van der Waals surface area contributed by atoms with Gasteiger partial charge in [0.15, 0.2) is 5.82 Å². The fourth-order valence-electron chi connectivity index (χ4n) is 3.72. The highest BCUT2D eigenvalue weighted by Crippen LogP contribution is 2.28. The fraction of sp³-hybridized carbons (Fsp3) is 0.400. The SMILES string of the molecule is Cc1noc(C2CCN(C(=O)Cn3c(-c4ccc(F)cc4)c(C)sc3=O)CC2)n1. The Morgan fingerprint density at radius 1 is 1.24 bits per heavy atom. The molecule has 0 atom stereocenters. The predicted octanol–water partition coefficient (Wildman–Crippen LogP) is 3.12. The molecule has 7 nitrogen and oxygen atoms in total. The Kier molecular flexibility index (Phi) is 5.31. The van der Waals surface area contributed by atoms with E-state index < -0.39 is 0 Å². The molecule has 0 saturated carbocycles. The summed E-state index contributed by atoms with van der Waals surface area (Å²) in [6, 6.07) is 5.96. The molecule has 4 rings (SSSR count). The van der Waals surface area contributed by atoms with Crippen molar-refractivity contribution < 1.29 is 13.7 Å². The molecule has 1 aliphatic rings. The Morgan fingerprint density at radius 3 is 2.55 bits per heavy atom. The number of benzene rings is 1. The first kappa shape index (κ1) is 19.5. The molecule has 2 aromatic heterocycles. The summed E-state index contributed by atoms with van der Waals surface area (Å²) in [5, 5.41) is 3.83. The molecule has 0 bridgehead atoms.